The summed E-state index contributed by atoms with van der Waals surface area (Å²) in [5.74, 6) is -0.346. The molecule has 0 aliphatic carbocycles. The average Bonchev–Trinajstić information content (AvgIpc) is 2.86. The molecule has 0 aliphatic heterocycles. The van der Waals surface area contributed by atoms with Crippen molar-refractivity contribution in [1.82, 2.24) is 0 Å². The van der Waals surface area contributed by atoms with Crippen LogP contribution < -0.4 is 0 Å². The molecule has 214 valence electrons. The van der Waals surface area contributed by atoms with Gasteiger partial charge in [0.25, 0.3) is 0 Å². The number of rotatable bonds is 26. The number of ether oxygens (including phenoxy) is 3. The highest BCUT2D eigenvalue weighted by molar-refractivity contribution is 5.69. The first kappa shape index (κ1) is 34.9. The fourth-order valence-electron chi connectivity index (χ4n) is 3.45. The lowest BCUT2D eigenvalue weighted by atomic mass is 10.1. The Morgan fingerprint density at radius 3 is 1.94 bits per heavy atom. The van der Waals surface area contributed by atoms with E-state index in [2.05, 4.69) is 19.1 Å². The third-order valence-corrected chi connectivity index (χ3v) is 5.61. The lowest BCUT2D eigenvalue weighted by Gasteiger charge is -2.15. The molecule has 0 aromatic carbocycles. The number of carbonyl (C=O) groups is 1. The Labute approximate surface area is 217 Å². The van der Waals surface area contributed by atoms with Crippen molar-refractivity contribution in [2.75, 3.05) is 39.6 Å². The average molecular weight is 521 g/mol. The molecule has 0 aromatic heterocycles. The summed E-state index contributed by atoms with van der Waals surface area (Å²) >= 11 is 0. The van der Waals surface area contributed by atoms with E-state index in [-0.39, 0.29) is 45.1 Å². The molecule has 4 atom stereocenters. The van der Waals surface area contributed by atoms with Gasteiger partial charge in [0.1, 0.15) is 24.9 Å². The van der Waals surface area contributed by atoms with Crippen molar-refractivity contribution in [3.05, 3.63) is 12.2 Å². The van der Waals surface area contributed by atoms with E-state index in [9.17, 15) is 20.1 Å². The summed E-state index contributed by atoms with van der Waals surface area (Å²) in [5, 5.41) is 47.2. The molecule has 0 bridgehead atoms. The maximum Gasteiger partial charge on any atom is 0.305 e. The largest absolute Gasteiger partial charge is 0.463 e. The van der Waals surface area contributed by atoms with Crippen LogP contribution >= 0.6 is 0 Å². The second kappa shape index (κ2) is 25.6. The molecule has 4 unspecified atom stereocenters. The molecule has 5 N–H and O–H groups in total. The van der Waals surface area contributed by atoms with E-state index in [4.69, 9.17) is 24.4 Å². The van der Waals surface area contributed by atoms with Gasteiger partial charge in [0.05, 0.1) is 39.1 Å². The summed E-state index contributed by atoms with van der Waals surface area (Å²) in [5.41, 5.74) is 0. The van der Waals surface area contributed by atoms with Gasteiger partial charge in [0.2, 0.25) is 0 Å². The highest BCUT2D eigenvalue weighted by Crippen LogP contribution is 2.11. The normalized spacial score (nSPS) is 15.2. The minimum absolute atomic E-state index is 0.0672. The molecule has 0 aliphatic rings. The molecule has 36 heavy (non-hydrogen) atoms. The van der Waals surface area contributed by atoms with Crippen LogP contribution in [0.25, 0.3) is 0 Å². The van der Waals surface area contributed by atoms with Gasteiger partial charge in [-0.05, 0) is 32.1 Å². The van der Waals surface area contributed by atoms with Gasteiger partial charge >= 0.3 is 5.97 Å². The maximum atomic E-state index is 11.8. The minimum atomic E-state index is -0.988. The highest BCUT2D eigenvalue weighted by atomic mass is 16.6. The first-order valence-electron chi connectivity index (χ1n) is 13.7. The van der Waals surface area contributed by atoms with E-state index in [0.717, 1.165) is 57.8 Å². The summed E-state index contributed by atoms with van der Waals surface area (Å²) in [4.78, 5) is 11.8. The maximum absolute atomic E-state index is 11.8. The molecule has 0 rings (SSSR count). The first-order chi connectivity index (χ1) is 17.4. The molecule has 0 spiro atoms. The number of allylic oxidation sites excluding steroid dienone is 1. The number of esters is 1. The van der Waals surface area contributed by atoms with Crippen molar-refractivity contribution in [2.45, 2.75) is 115 Å². The van der Waals surface area contributed by atoms with Crippen molar-refractivity contribution in [1.29, 1.82) is 0 Å². The molecule has 0 aromatic rings. The molecule has 0 saturated carbocycles. The molecule has 0 saturated heterocycles. The predicted octanol–water partition coefficient (Wildman–Crippen LogP) is 2.65. The van der Waals surface area contributed by atoms with E-state index >= 15 is 0 Å². The molecule has 9 nitrogen and oxygen atoms in total. The second-order valence-electron chi connectivity index (χ2n) is 9.42. The number of hydrogen-bond acceptors (Lipinski definition) is 9. The lowest BCUT2D eigenvalue weighted by molar-refractivity contribution is -0.148. The van der Waals surface area contributed by atoms with Crippen LogP contribution in [0.3, 0.4) is 0 Å². The number of carbonyl (C=O) groups excluding carboxylic acids is 1. The number of unbranched alkanes of at least 4 members (excludes halogenated alkanes) is 8. The third kappa shape index (κ3) is 24.6. The Morgan fingerprint density at radius 2 is 1.28 bits per heavy atom. The highest BCUT2D eigenvalue weighted by Gasteiger charge is 2.12. The lowest BCUT2D eigenvalue weighted by Crippen LogP contribution is -2.29. The zero-order valence-electron chi connectivity index (χ0n) is 22.3. The Kier molecular flexibility index (Phi) is 24.8. The van der Waals surface area contributed by atoms with Crippen LogP contribution in [-0.2, 0) is 19.0 Å². The zero-order valence-corrected chi connectivity index (χ0v) is 22.3. The van der Waals surface area contributed by atoms with Crippen LogP contribution in [0.4, 0.5) is 0 Å². The topological polar surface area (TPSA) is 146 Å². The summed E-state index contributed by atoms with van der Waals surface area (Å²) < 4.78 is 15.2. The molecule has 0 radical (unpaired) electrons. The summed E-state index contributed by atoms with van der Waals surface area (Å²) in [6.45, 7) is 1.30. The van der Waals surface area contributed by atoms with Gasteiger partial charge in [-0.15, -0.1) is 0 Å². The molecular formula is C27H52O9. The van der Waals surface area contributed by atoms with Gasteiger partial charge in [0, 0.05) is 6.42 Å². The van der Waals surface area contributed by atoms with Crippen molar-refractivity contribution >= 4 is 5.97 Å². The molecule has 0 fully saturated rings. The molecule has 0 heterocycles. The van der Waals surface area contributed by atoms with Crippen LogP contribution in [0.1, 0.15) is 90.4 Å². The SMILES string of the molecule is CCCCCCC(O)C/C=C/CCCCCCCC(=O)OCC(O)COCC(O)COCC(O)CO. The summed E-state index contributed by atoms with van der Waals surface area (Å²) in [6, 6.07) is 0. The number of aliphatic hydroxyl groups excluding tert-OH is 5. The zero-order chi connectivity index (χ0) is 26.9. The van der Waals surface area contributed by atoms with Gasteiger partial charge < -0.3 is 39.7 Å². The third-order valence-electron chi connectivity index (χ3n) is 5.61. The van der Waals surface area contributed by atoms with Gasteiger partial charge in [-0.25, -0.2) is 0 Å². The Morgan fingerprint density at radius 1 is 0.694 bits per heavy atom. The standard InChI is InChI=1S/C27H52O9/c1-2-3-4-11-14-23(29)15-12-9-7-5-6-8-10-13-16-27(33)36-22-26(32)21-35-20-25(31)19-34-18-24(30)17-28/h9,12,23-26,28-32H,2-8,10-11,13-22H2,1H3/b12-9+. The van der Waals surface area contributed by atoms with Crippen LogP contribution in [0, 0.1) is 0 Å². The fourth-order valence-corrected chi connectivity index (χ4v) is 3.45. The first-order valence-corrected chi connectivity index (χ1v) is 13.7. The van der Waals surface area contributed by atoms with Crippen LogP contribution in [0.5, 0.6) is 0 Å². The van der Waals surface area contributed by atoms with Crippen LogP contribution in [-0.4, -0.2) is 95.6 Å². The molecule has 0 amide bonds. The van der Waals surface area contributed by atoms with Gasteiger partial charge in [-0.1, -0.05) is 64.0 Å². The van der Waals surface area contributed by atoms with Gasteiger partial charge in [0.15, 0.2) is 0 Å². The van der Waals surface area contributed by atoms with Gasteiger partial charge in [-0.3, -0.25) is 4.79 Å². The Balaban J connectivity index is 3.52. The number of aliphatic hydroxyl groups is 5. The van der Waals surface area contributed by atoms with E-state index in [1.807, 2.05) is 0 Å². The quantitative estimate of drug-likeness (QED) is 0.0660. The predicted molar refractivity (Wildman–Crippen MR) is 139 cm³/mol. The van der Waals surface area contributed by atoms with E-state index in [1.165, 1.54) is 19.3 Å². The van der Waals surface area contributed by atoms with Crippen LogP contribution in [0.15, 0.2) is 12.2 Å². The number of hydrogen-bond donors (Lipinski definition) is 5. The van der Waals surface area contributed by atoms with E-state index < -0.39 is 24.9 Å². The van der Waals surface area contributed by atoms with Crippen molar-refractivity contribution in [2.24, 2.45) is 0 Å². The van der Waals surface area contributed by atoms with Crippen molar-refractivity contribution in [3.8, 4) is 0 Å². The van der Waals surface area contributed by atoms with E-state index in [0.29, 0.717) is 6.42 Å². The smallest absolute Gasteiger partial charge is 0.305 e. The minimum Gasteiger partial charge on any atom is -0.463 e. The Bertz CT molecular complexity index is 515. The van der Waals surface area contributed by atoms with Gasteiger partial charge in [-0.2, -0.15) is 0 Å². The Hall–Kier alpha value is -1.07. The van der Waals surface area contributed by atoms with E-state index in [1.54, 1.807) is 0 Å². The molecular weight excluding hydrogens is 468 g/mol. The van der Waals surface area contributed by atoms with Crippen molar-refractivity contribution in [3.63, 3.8) is 0 Å². The van der Waals surface area contributed by atoms with Crippen LogP contribution in [0.2, 0.25) is 0 Å². The molecule has 9 heteroatoms. The summed E-state index contributed by atoms with van der Waals surface area (Å²) in [7, 11) is 0. The second-order valence-corrected chi connectivity index (χ2v) is 9.42. The van der Waals surface area contributed by atoms with Crippen molar-refractivity contribution < 1.29 is 44.5 Å². The fraction of sp³-hybridized carbons (Fsp3) is 0.889. The monoisotopic (exact) mass is 520 g/mol. The summed E-state index contributed by atoms with van der Waals surface area (Å²) in [6.07, 6.45) is 13.8.